The summed E-state index contributed by atoms with van der Waals surface area (Å²) in [5, 5.41) is 2.76. The molecule has 1 aromatic carbocycles. The summed E-state index contributed by atoms with van der Waals surface area (Å²) >= 11 is 0. The van der Waals surface area contributed by atoms with Crippen LogP contribution in [0.15, 0.2) is 30.0 Å². The number of anilines is 1. The molecule has 0 bridgehead atoms. The minimum absolute atomic E-state index is 0.142. The van der Waals surface area contributed by atoms with Crippen molar-refractivity contribution in [1.82, 2.24) is 9.80 Å². The van der Waals surface area contributed by atoms with E-state index in [1.807, 2.05) is 12.1 Å². The Kier molecular flexibility index (Phi) is 8.70. The molecule has 2 atom stereocenters. The zero-order valence-corrected chi connectivity index (χ0v) is 20.7. The van der Waals surface area contributed by atoms with Crippen LogP contribution < -0.4 is 5.32 Å². The van der Waals surface area contributed by atoms with Crippen molar-refractivity contribution in [2.24, 2.45) is 11.8 Å². The second kappa shape index (κ2) is 11.5. The molecular formula is C27H39N3O3. The van der Waals surface area contributed by atoms with E-state index in [-0.39, 0.29) is 17.7 Å². The normalized spacial score (nSPS) is 21.2. The predicted octanol–water partition coefficient (Wildman–Crippen LogP) is 5.06. The van der Waals surface area contributed by atoms with E-state index in [1.165, 1.54) is 31.1 Å². The zero-order chi connectivity index (χ0) is 24.0. The van der Waals surface area contributed by atoms with Crippen LogP contribution in [0.2, 0.25) is 0 Å². The molecule has 1 fully saturated rings. The van der Waals surface area contributed by atoms with E-state index in [0.717, 1.165) is 44.3 Å². The summed E-state index contributed by atoms with van der Waals surface area (Å²) in [5.41, 5.74) is 2.46. The number of hydrogen-bond acceptors (Lipinski definition) is 4. The molecule has 0 aliphatic carbocycles. The summed E-state index contributed by atoms with van der Waals surface area (Å²) < 4.78 is 0. The molecule has 1 saturated heterocycles. The van der Waals surface area contributed by atoms with Crippen molar-refractivity contribution >= 4 is 29.0 Å². The SMILES string of the molecule is CCCCCCCCN1C(=O)C(c2ccc(NC(C)=O)cc2)=C(N2CC(C)CC(C)C2)C1=O. The van der Waals surface area contributed by atoms with Gasteiger partial charge in [-0.15, -0.1) is 0 Å². The minimum atomic E-state index is -0.193. The first-order chi connectivity index (χ1) is 15.8. The highest BCUT2D eigenvalue weighted by Gasteiger charge is 2.42. The van der Waals surface area contributed by atoms with Crippen LogP contribution >= 0.6 is 0 Å². The van der Waals surface area contributed by atoms with Crippen molar-refractivity contribution in [3.8, 4) is 0 Å². The zero-order valence-electron chi connectivity index (χ0n) is 20.7. The molecule has 33 heavy (non-hydrogen) atoms. The van der Waals surface area contributed by atoms with Crippen molar-refractivity contribution < 1.29 is 14.4 Å². The maximum absolute atomic E-state index is 13.5. The lowest BCUT2D eigenvalue weighted by molar-refractivity contribution is -0.137. The van der Waals surface area contributed by atoms with E-state index in [2.05, 4.69) is 31.0 Å². The molecule has 3 amide bonds. The summed E-state index contributed by atoms with van der Waals surface area (Å²) in [7, 11) is 0. The van der Waals surface area contributed by atoms with E-state index in [9.17, 15) is 14.4 Å². The first-order valence-electron chi connectivity index (χ1n) is 12.5. The lowest BCUT2D eigenvalue weighted by atomic mass is 9.91. The van der Waals surface area contributed by atoms with Gasteiger partial charge in [-0.1, -0.05) is 65.0 Å². The lowest BCUT2D eigenvalue weighted by Crippen LogP contribution is -2.42. The molecule has 6 heteroatoms. The molecule has 180 valence electrons. The molecule has 0 aromatic heterocycles. The van der Waals surface area contributed by atoms with E-state index in [1.54, 1.807) is 12.1 Å². The van der Waals surface area contributed by atoms with Gasteiger partial charge in [-0.2, -0.15) is 0 Å². The number of amides is 3. The number of carbonyl (C=O) groups is 3. The molecule has 2 aliphatic rings. The number of benzene rings is 1. The number of nitrogens with zero attached hydrogens (tertiary/aromatic N) is 2. The molecule has 0 saturated carbocycles. The molecule has 1 N–H and O–H groups in total. The fourth-order valence-corrected chi connectivity index (χ4v) is 5.14. The molecule has 0 radical (unpaired) electrons. The first kappa shape index (κ1) is 25.0. The van der Waals surface area contributed by atoms with E-state index < -0.39 is 0 Å². The summed E-state index contributed by atoms with van der Waals surface area (Å²) in [6, 6.07) is 7.24. The Bertz CT molecular complexity index is 880. The molecule has 0 spiro atoms. The van der Waals surface area contributed by atoms with Gasteiger partial charge in [-0.25, -0.2) is 0 Å². The van der Waals surface area contributed by atoms with Crippen LogP contribution in [0.5, 0.6) is 0 Å². The molecule has 2 heterocycles. The van der Waals surface area contributed by atoms with Crippen LogP contribution in [0.4, 0.5) is 5.69 Å². The van der Waals surface area contributed by atoms with Gasteiger partial charge in [0.05, 0.1) is 5.57 Å². The third kappa shape index (κ3) is 6.24. The Hall–Kier alpha value is -2.63. The Labute approximate surface area is 198 Å². The smallest absolute Gasteiger partial charge is 0.277 e. The molecule has 3 rings (SSSR count). The molecule has 2 unspecified atom stereocenters. The standard InChI is InChI=1S/C27H39N3O3/c1-5-6-7-8-9-10-15-30-26(32)24(22-11-13-23(14-12-22)28-21(4)31)25(27(30)33)29-17-19(2)16-20(3)18-29/h11-14,19-20H,5-10,15-18H2,1-4H3,(H,28,31). The van der Waals surface area contributed by atoms with Gasteiger partial charge in [0.2, 0.25) is 5.91 Å². The lowest BCUT2D eigenvalue weighted by Gasteiger charge is -2.37. The Morgan fingerprint density at radius 1 is 0.939 bits per heavy atom. The topological polar surface area (TPSA) is 69.7 Å². The molecular weight excluding hydrogens is 414 g/mol. The van der Waals surface area contributed by atoms with Crippen LogP contribution in [-0.4, -0.2) is 47.2 Å². The highest BCUT2D eigenvalue weighted by Crippen LogP contribution is 2.35. The second-order valence-corrected chi connectivity index (χ2v) is 9.86. The van der Waals surface area contributed by atoms with Gasteiger partial charge in [-0.05, 0) is 42.4 Å². The third-order valence-electron chi connectivity index (χ3n) is 6.56. The Morgan fingerprint density at radius 2 is 1.55 bits per heavy atom. The van der Waals surface area contributed by atoms with E-state index >= 15 is 0 Å². The number of unbranched alkanes of at least 4 members (excludes halogenated alkanes) is 5. The number of hydrogen-bond donors (Lipinski definition) is 1. The highest BCUT2D eigenvalue weighted by atomic mass is 16.2. The summed E-state index contributed by atoms with van der Waals surface area (Å²) in [6.45, 7) is 10.1. The van der Waals surface area contributed by atoms with Gasteiger partial charge in [-0.3, -0.25) is 19.3 Å². The summed E-state index contributed by atoms with van der Waals surface area (Å²) in [6.07, 6.45) is 7.79. The van der Waals surface area contributed by atoms with Gasteiger partial charge in [0.1, 0.15) is 5.70 Å². The quantitative estimate of drug-likeness (QED) is 0.397. The van der Waals surface area contributed by atoms with Crippen molar-refractivity contribution in [3.05, 3.63) is 35.5 Å². The van der Waals surface area contributed by atoms with E-state index in [0.29, 0.717) is 35.3 Å². The predicted molar refractivity (Wildman–Crippen MR) is 132 cm³/mol. The summed E-state index contributed by atoms with van der Waals surface area (Å²) in [5.74, 6) is 0.453. The average molecular weight is 454 g/mol. The van der Waals surface area contributed by atoms with Crippen LogP contribution in [0.25, 0.3) is 5.57 Å². The fraction of sp³-hybridized carbons (Fsp3) is 0.593. The second-order valence-electron chi connectivity index (χ2n) is 9.86. The van der Waals surface area contributed by atoms with Crippen molar-refractivity contribution in [2.45, 2.75) is 72.6 Å². The minimum Gasteiger partial charge on any atom is -0.366 e. The molecule has 2 aliphatic heterocycles. The largest absolute Gasteiger partial charge is 0.366 e. The van der Waals surface area contributed by atoms with Crippen LogP contribution in [0, 0.1) is 11.8 Å². The average Bonchev–Trinajstić information content (AvgIpc) is 3.00. The van der Waals surface area contributed by atoms with Gasteiger partial charge in [0.25, 0.3) is 11.8 Å². The number of piperidine rings is 1. The van der Waals surface area contributed by atoms with Crippen LogP contribution in [0.3, 0.4) is 0 Å². The van der Waals surface area contributed by atoms with Crippen molar-refractivity contribution in [3.63, 3.8) is 0 Å². The van der Waals surface area contributed by atoms with Crippen molar-refractivity contribution in [1.29, 1.82) is 0 Å². The highest BCUT2D eigenvalue weighted by molar-refractivity contribution is 6.35. The number of nitrogens with one attached hydrogen (secondary N) is 1. The first-order valence-corrected chi connectivity index (χ1v) is 12.5. The Balaban J connectivity index is 1.85. The number of carbonyl (C=O) groups excluding carboxylic acids is 3. The third-order valence-corrected chi connectivity index (χ3v) is 6.56. The monoisotopic (exact) mass is 453 g/mol. The van der Waals surface area contributed by atoms with Gasteiger partial charge in [0.15, 0.2) is 0 Å². The maximum Gasteiger partial charge on any atom is 0.277 e. The molecule has 1 aromatic rings. The van der Waals surface area contributed by atoms with Crippen LogP contribution in [-0.2, 0) is 14.4 Å². The summed E-state index contributed by atoms with van der Waals surface area (Å²) in [4.78, 5) is 42.0. The van der Waals surface area contributed by atoms with Gasteiger partial charge >= 0.3 is 0 Å². The van der Waals surface area contributed by atoms with Crippen molar-refractivity contribution in [2.75, 3.05) is 25.0 Å². The fourth-order valence-electron chi connectivity index (χ4n) is 5.14. The maximum atomic E-state index is 13.5. The molecule has 6 nitrogen and oxygen atoms in total. The number of rotatable bonds is 10. The van der Waals surface area contributed by atoms with Gasteiger partial charge in [0, 0.05) is 32.2 Å². The van der Waals surface area contributed by atoms with E-state index in [4.69, 9.17) is 0 Å². The Morgan fingerprint density at radius 3 is 2.15 bits per heavy atom. The number of imide groups is 1. The van der Waals surface area contributed by atoms with Crippen LogP contribution in [0.1, 0.15) is 78.2 Å². The number of likely N-dealkylation sites (tertiary alicyclic amines) is 1. The van der Waals surface area contributed by atoms with Gasteiger partial charge < -0.3 is 10.2 Å².